The lowest BCUT2D eigenvalue weighted by Crippen LogP contribution is -2.30. The van der Waals surface area contributed by atoms with Gasteiger partial charge in [0.15, 0.2) is 0 Å². The number of rotatable bonds is 3. The molecule has 15 heavy (non-hydrogen) atoms. The maximum Gasteiger partial charge on any atom is 0.488 e. The molecule has 0 atom stereocenters. The van der Waals surface area contributed by atoms with Crippen LogP contribution < -0.4 is 5.46 Å². The van der Waals surface area contributed by atoms with E-state index in [1.807, 2.05) is 18.2 Å². The van der Waals surface area contributed by atoms with Crippen LogP contribution in [0.5, 0.6) is 0 Å². The summed E-state index contributed by atoms with van der Waals surface area (Å²) in [6.45, 7) is 6.62. The molecule has 0 bridgehead atoms. The minimum atomic E-state index is -1.36. The molecule has 0 heterocycles. The lowest BCUT2D eigenvalue weighted by atomic mass is 9.52. The molecule has 2 nitrogen and oxygen atoms in total. The van der Waals surface area contributed by atoms with Crippen molar-refractivity contribution in [1.29, 1.82) is 0 Å². The van der Waals surface area contributed by atoms with Crippen molar-refractivity contribution in [3.63, 3.8) is 0 Å². The Morgan fingerprint density at radius 1 is 1.27 bits per heavy atom. The summed E-state index contributed by atoms with van der Waals surface area (Å²) in [6.07, 6.45) is 0.976. The Labute approximate surface area is 92.7 Å². The van der Waals surface area contributed by atoms with E-state index in [0.29, 0.717) is 10.8 Å². The third-order valence-electron chi connectivity index (χ3n) is 2.41. The average molecular weight is 204 g/mol. The first kappa shape index (κ1) is 12.3. The van der Waals surface area contributed by atoms with Crippen LogP contribution in [0.25, 0.3) is 0 Å². The predicted octanol–water partition coefficient (Wildman–Crippen LogP) is 0.521. The first-order valence-corrected chi connectivity index (χ1v) is 5.33. The number of benzene rings is 1. The molecule has 0 saturated heterocycles. The van der Waals surface area contributed by atoms with Gasteiger partial charge in [-0.05, 0) is 5.46 Å². The van der Waals surface area contributed by atoms with Gasteiger partial charge in [0.2, 0.25) is 0 Å². The van der Waals surface area contributed by atoms with Gasteiger partial charge in [-0.15, -0.1) is 0 Å². The highest BCUT2D eigenvalue weighted by Crippen LogP contribution is 2.21. The van der Waals surface area contributed by atoms with Crippen molar-refractivity contribution in [3.05, 3.63) is 29.8 Å². The summed E-state index contributed by atoms with van der Waals surface area (Å²) in [4.78, 5) is 0. The van der Waals surface area contributed by atoms with Crippen molar-refractivity contribution >= 4 is 19.9 Å². The highest BCUT2D eigenvalue weighted by molar-refractivity contribution is 6.58. The van der Waals surface area contributed by atoms with Crippen molar-refractivity contribution in [2.75, 3.05) is 0 Å². The zero-order chi connectivity index (χ0) is 11.5. The Morgan fingerprint density at radius 2 is 1.93 bits per heavy atom. The first-order chi connectivity index (χ1) is 6.88. The summed E-state index contributed by atoms with van der Waals surface area (Å²) in [5.41, 5.74) is 1.73. The minimum absolute atomic E-state index is 0.313. The van der Waals surface area contributed by atoms with Crippen molar-refractivity contribution in [2.45, 2.75) is 32.4 Å². The smallest absolute Gasteiger partial charge is 0.423 e. The van der Waals surface area contributed by atoms with Crippen LogP contribution in [-0.4, -0.2) is 24.4 Å². The fourth-order valence-corrected chi connectivity index (χ4v) is 1.43. The van der Waals surface area contributed by atoms with Crippen LogP contribution in [0.2, 0.25) is 5.31 Å². The highest BCUT2D eigenvalue weighted by Gasteiger charge is 2.14. The monoisotopic (exact) mass is 204 g/mol. The van der Waals surface area contributed by atoms with E-state index >= 15 is 0 Å². The van der Waals surface area contributed by atoms with Crippen LogP contribution in [0, 0.1) is 0 Å². The van der Waals surface area contributed by atoms with Crippen molar-refractivity contribution in [3.8, 4) is 0 Å². The van der Waals surface area contributed by atoms with Gasteiger partial charge < -0.3 is 10.0 Å². The Hall–Kier alpha value is -0.730. The molecule has 0 aliphatic carbocycles. The lowest BCUT2D eigenvalue weighted by Gasteiger charge is -2.16. The van der Waals surface area contributed by atoms with Gasteiger partial charge in [-0.3, -0.25) is 0 Å². The fourth-order valence-electron chi connectivity index (χ4n) is 1.43. The van der Waals surface area contributed by atoms with Gasteiger partial charge in [-0.1, -0.05) is 62.2 Å². The highest BCUT2D eigenvalue weighted by atomic mass is 16.4. The second-order valence-corrected chi connectivity index (χ2v) is 5.18. The summed E-state index contributed by atoms with van der Waals surface area (Å²) >= 11 is 0. The molecule has 2 N–H and O–H groups in total. The van der Waals surface area contributed by atoms with Crippen molar-refractivity contribution in [1.82, 2.24) is 0 Å². The van der Waals surface area contributed by atoms with Gasteiger partial charge in [-0.2, -0.15) is 0 Å². The zero-order valence-corrected chi connectivity index (χ0v) is 9.70. The van der Waals surface area contributed by atoms with E-state index in [-0.39, 0.29) is 0 Å². The van der Waals surface area contributed by atoms with Gasteiger partial charge in [0, 0.05) is 0 Å². The Kier molecular flexibility index (Phi) is 4.00. The van der Waals surface area contributed by atoms with E-state index in [2.05, 4.69) is 20.8 Å². The van der Waals surface area contributed by atoms with Crippen LogP contribution >= 0.6 is 0 Å². The van der Waals surface area contributed by atoms with E-state index in [0.717, 1.165) is 19.2 Å². The second kappa shape index (κ2) is 4.86. The van der Waals surface area contributed by atoms with Gasteiger partial charge >= 0.3 is 7.12 Å². The quantitative estimate of drug-likeness (QED) is 0.704. The molecule has 4 heteroatoms. The van der Waals surface area contributed by atoms with E-state index in [4.69, 9.17) is 10.0 Å². The van der Waals surface area contributed by atoms with E-state index < -0.39 is 7.12 Å². The molecule has 0 unspecified atom stereocenters. The summed E-state index contributed by atoms with van der Waals surface area (Å²) in [6, 6.07) is 7.48. The first-order valence-electron chi connectivity index (χ1n) is 5.33. The van der Waals surface area contributed by atoms with Crippen LogP contribution in [0.4, 0.5) is 0 Å². The molecule has 0 aliphatic rings. The molecule has 1 aromatic rings. The molecule has 0 spiro atoms. The van der Waals surface area contributed by atoms with Gasteiger partial charge in [0.1, 0.15) is 7.28 Å². The SMILES string of the molecule is CC(C)(C)BCc1cccc(B(O)O)c1. The van der Waals surface area contributed by atoms with Gasteiger partial charge in [0.25, 0.3) is 0 Å². The van der Waals surface area contributed by atoms with Crippen LogP contribution in [0.15, 0.2) is 24.3 Å². The fraction of sp³-hybridized carbons (Fsp3) is 0.455. The molecule has 0 aliphatic heterocycles. The maximum absolute atomic E-state index is 9.03. The molecule has 1 aromatic carbocycles. The molecule has 0 saturated carbocycles. The average Bonchev–Trinajstić information content (AvgIpc) is 2.14. The second-order valence-electron chi connectivity index (χ2n) is 5.18. The maximum atomic E-state index is 9.03. The van der Waals surface area contributed by atoms with E-state index in [1.54, 1.807) is 6.07 Å². The molecule has 0 fully saturated rings. The Balaban J connectivity index is 2.66. The molecule has 0 amide bonds. The minimum Gasteiger partial charge on any atom is -0.423 e. The van der Waals surface area contributed by atoms with Crippen molar-refractivity contribution in [2.24, 2.45) is 0 Å². The van der Waals surface area contributed by atoms with Gasteiger partial charge in [-0.25, -0.2) is 0 Å². The third kappa shape index (κ3) is 4.54. The topological polar surface area (TPSA) is 40.5 Å². The zero-order valence-electron chi connectivity index (χ0n) is 9.70. The predicted molar refractivity (Wildman–Crippen MR) is 66.8 cm³/mol. The molecule has 80 valence electrons. The summed E-state index contributed by atoms with van der Waals surface area (Å²) in [5, 5.41) is 18.4. The van der Waals surface area contributed by atoms with E-state index in [1.165, 1.54) is 0 Å². The van der Waals surface area contributed by atoms with Crippen LogP contribution in [0.3, 0.4) is 0 Å². The number of hydrogen-bond donors (Lipinski definition) is 2. The van der Waals surface area contributed by atoms with Crippen LogP contribution in [-0.2, 0) is 6.32 Å². The summed E-state index contributed by atoms with van der Waals surface area (Å²) < 4.78 is 0. The lowest BCUT2D eigenvalue weighted by molar-refractivity contribution is 0.425. The largest absolute Gasteiger partial charge is 0.488 e. The Bertz CT molecular complexity index is 319. The standard InChI is InChI=1S/C11H18B2O2/c1-11(2,3)12-8-9-5-4-6-10(7-9)13(14)15/h4-7,12,14-15H,8H2,1-3H3. The molecule has 0 radical (unpaired) electrons. The number of hydrogen-bond acceptors (Lipinski definition) is 2. The molecular formula is C11H18B2O2. The van der Waals surface area contributed by atoms with Crippen molar-refractivity contribution < 1.29 is 10.0 Å². The molecule has 1 rings (SSSR count). The molecular weight excluding hydrogens is 186 g/mol. The third-order valence-corrected chi connectivity index (χ3v) is 2.41. The Morgan fingerprint density at radius 3 is 2.47 bits per heavy atom. The normalized spacial score (nSPS) is 11.3. The van der Waals surface area contributed by atoms with Crippen LogP contribution in [0.1, 0.15) is 26.3 Å². The summed E-state index contributed by atoms with van der Waals surface area (Å²) in [5.74, 6) is 0. The van der Waals surface area contributed by atoms with E-state index in [9.17, 15) is 0 Å². The molecule has 0 aromatic heterocycles. The summed E-state index contributed by atoms with van der Waals surface area (Å²) in [7, 11) is -0.266. The van der Waals surface area contributed by atoms with Gasteiger partial charge in [0.05, 0.1) is 0 Å².